The molecule has 0 saturated carbocycles. The number of Topliss-reactive ketones (excluding diaryl/α,β-unsaturated/α-hetero) is 1. The average Bonchev–Trinajstić information content (AvgIpc) is 2.47. The van der Waals surface area contributed by atoms with Crippen LogP contribution in [0.15, 0.2) is 30.0 Å². The minimum atomic E-state index is 0.0167. The van der Waals surface area contributed by atoms with E-state index in [1.807, 2.05) is 24.3 Å². The lowest BCUT2D eigenvalue weighted by atomic mass is 9.98. The van der Waals surface area contributed by atoms with Crippen LogP contribution in [-0.4, -0.2) is 18.9 Å². The van der Waals surface area contributed by atoms with E-state index < -0.39 is 0 Å². The monoisotopic (exact) mass is 243 g/mol. The van der Waals surface area contributed by atoms with Gasteiger partial charge in [-0.05, 0) is 55.5 Å². The summed E-state index contributed by atoms with van der Waals surface area (Å²) in [6.45, 7) is 1.68. The van der Waals surface area contributed by atoms with Crippen LogP contribution in [0.2, 0.25) is 0 Å². The normalized spacial score (nSPS) is 18.1. The second-order valence-electron chi connectivity index (χ2n) is 4.79. The van der Waals surface area contributed by atoms with Gasteiger partial charge in [0.2, 0.25) is 5.78 Å². The van der Waals surface area contributed by atoms with Crippen LogP contribution in [0.5, 0.6) is 0 Å². The third-order valence-electron chi connectivity index (χ3n) is 3.47. The lowest BCUT2D eigenvalue weighted by Crippen LogP contribution is -2.14. The number of hydrogen-bond donors (Lipinski definition) is 1. The van der Waals surface area contributed by atoms with Crippen LogP contribution < -0.4 is 5.32 Å². The highest BCUT2D eigenvalue weighted by Crippen LogP contribution is 2.25. The van der Waals surface area contributed by atoms with Gasteiger partial charge >= 0.3 is 0 Å². The lowest BCUT2D eigenvalue weighted by molar-refractivity contribution is 0.0899. The van der Waals surface area contributed by atoms with E-state index in [0.29, 0.717) is 12.4 Å². The van der Waals surface area contributed by atoms with Crippen molar-refractivity contribution < 1.29 is 9.53 Å². The van der Waals surface area contributed by atoms with Crippen molar-refractivity contribution in [1.29, 1.82) is 0 Å². The zero-order chi connectivity index (χ0) is 12.4. The van der Waals surface area contributed by atoms with E-state index in [1.54, 1.807) is 0 Å². The molecule has 1 aromatic rings. The number of hydrogen-bond acceptors (Lipinski definition) is 3. The molecule has 0 bridgehead atoms. The number of fused-ring (bicyclic) bond motifs is 1. The number of ether oxygens (including phenoxy) is 1. The maximum absolute atomic E-state index is 12.3. The fourth-order valence-electron chi connectivity index (χ4n) is 2.47. The van der Waals surface area contributed by atoms with Crippen molar-refractivity contribution in [2.24, 2.45) is 0 Å². The molecule has 94 valence electrons. The molecule has 18 heavy (non-hydrogen) atoms. The summed E-state index contributed by atoms with van der Waals surface area (Å²) in [5.74, 6) is 0.535. The number of benzene rings is 1. The van der Waals surface area contributed by atoms with Gasteiger partial charge in [-0.3, -0.25) is 4.79 Å². The van der Waals surface area contributed by atoms with Gasteiger partial charge in [0, 0.05) is 17.8 Å². The van der Waals surface area contributed by atoms with E-state index in [0.717, 1.165) is 43.5 Å². The Balaban J connectivity index is 1.87. The zero-order valence-electron chi connectivity index (χ0n) is 10.4. The maximum Gasteiger partial charge on any atom is 0.227 e. The average molecular weight is 243 g/mol. The SMILES string of the molecule is O=C(C1=CCCCO1)c1ccc2c(c1)CCCN2. The topological polar surface area (TPSA) is 38.3 Å². The molecular formula is C15H17NO2. The molecule has 0 aliphatic carbocycles. The van der Waals surface area contributed by atoms with Gasteiger partial charge in [-0.15, -0.1) is 0 Å². The van der Waals surface area contributed by atoms with E-state index in [4.69, 9.17) is 4.74 Å². The van der Waals surface area contributed by atoms with Crippen LogP contribution >= 0.6 is 0 Å². The summed E-state index contributed by atoms with van der Waals surface area (Å²) in [7, 11) is 0. The Kier molecular flexibility index (Phi) is 3.05. The minimum absolute atomic E-state index is 0.0167. The van der Waals surface area contributed by atoms with E-state index in [-0.39, 0.29) is 5.78 Å². The number of aryl methyl sites for hydroxylation is 1. The van der Waals surface area contributed by atoms with Crippen LogP contribution in [0.3, 0.4) is 0 Å². The van der Waals surface area contributed by atoms with Crippen LogP contribution in [0, 0.1) is 0 Å². The second kappa shape index (κ2) is 4.84. The van der Waals surface area contributed by atoms with E-state index in [2.05, 4.69) is 5.32 Å². The largest absolute Gasteiger partial charge is 0.490 e. The van der Waals surface area contributed by atoms with Crippen molar-refractivity contribution in [3.8, 4) is 0 Å². The first-order chi connectivity index (χ1) is 8.84. The molecule has 1 N–H and O–H groups in total. The highest BCUT2D eigenvalue weighted by molar-refractivity contribution is 6.07. The van der Waals surface area contributed by atoms with Gasteiger partial charge in [0.05, 0.1) is 6.61 Å². The molecule has 0 unspecified atom stereocenters. The minimum Gasteiger partial charge on any atom is -0.490 e. The third-order valence-corrected chi connectivity index (χ3v) is 3.47. The standard InChI is InChI=1S/C15H17NO2/c17-15(14-5-1-2-9-18-14)12-6-7-13-11(10-12)4-3-8-16-13/h5-7,10,16H,1-4,8-9H2. The predicted molar refractivity (Wildman–Crippen MR) is 70.9 cm³/mol. The number of allylic oxidation sites excluding steroid dienone is 2. The number of carbonyl (C=O) groups is 1. The Morgan fingerprint density at radius 3 is 3.06 bits per heavy atom. The number of nitrogens with one attached hydrogen (secondary N) is 1. The summed E-state index contributed by atoms with van der Waals surface area (Å²) < 4.78 is 5.43. The number of ketones is 1. The molecule has 3 heteroatoms. The van der Waals surface area contributed by atoms with Crippen molar-refractivity contribution in [3.63, 3.8) is 0 Å². The molecule has 0 radical (unpaired) electrons. The molecule has 3 nitrogen and oxygen atoms in total. The highest BCUT2D eigenvalue weighted by Gasteiger charge is 2.18. The molecule has 0 saturated heterocycles. The Labute approximate surface area is 107 Å². The quantitative estimate of drug-likeness (QED) is 0.812. The fourth-order valence-corrected chi connectivity index (χ4v) is 2.47. The van der Waals surface area contributed by atoms with Gasteiger partial charge in [-0.25, -0.2) is 0 Å². The van der Waals surface area contributed by atoms with Crippen LogP contribution in [0.4, 0.5) is 5.69 Å². The van der Waals surface area contributed by atoms with Crippen LogP contribution in [0.1, 0.15) is 35.2 Å². The summed E-state index contributed by atoms with van der Waals surface area (Å²) in [5.41, 5.74) is 3.14. The Morgan fingerprint density at radius 1 is 1.28 bits per heavy atom. The fraction of sp³-hybridized carbons (Fsp3) is 0.400. The van der Waals surface area contributed by atoms with E-state index in [9.17, 15) is 4.79 Å². The Bertz CT molecular complexity index is 505. The maximum atomic E-state index is 12.3. The molecule has 0 amide bonds. The first-order valence-electron chi connectivity index (χ1n) is 6.59. The molecule has 0 spiro atoms. The van der Waals surface area contributed by atoms with Gasteiger partial charge in [0.25, 0.3) is 0 Å². The lowest BCUT2D eigenvalue weighted by Gasteiger charge is -2.19. The number of anilines is 1. The molecule has 2 aliphatic rings. The summed E-state index contributed by atoms with van der Waals surface area (Å²) in [4.78, 5) is 12.3. The zero-order valence-corrected chi connectivity index (χ0v) is 10.4. The molecule has 2 heterocycles. The van der Waals surface area contributed by atoms with Gasteiger partial charge in [-0.1, -0.05) is 0 Å². The smallest absolute Gasteiger partial charge is 0.227 e. The predicted octanol–water partition coefficient (Wildman–Crippen LogP) is 2.92. The summed E-state index contributed by atoms with van der Waals surface area (Å²) in [6, 6.07) is 5.89. The highest BCUT2D eigenvalue weighted by atomic mass is 16.5. The van der Waals surface area contributed by atoms with Crippen LogP contribution in [0.25, 0.3) is 0 Å². The van der Waals surface area contributed by atoms with Crippen molar-refractivity contribution in [2.45, 2.75) is 25.7 Å². The van der Waals surface area contributed by atoms with E-state index in [1.165, 1.54) is 5.56 Å². The molecular weight excluding hydrogens is 226 g/mol. The van der Waals surface area contributed by atoms with Crippen molar-refractivity contribution >= 4 is 11.5 Å². The Morgan fingerprint density at radius 2 is 2.22 bits per heavy atom. The molecule has 3 rings (SSSR count). The number of rotatable bonds is 2. The molecule has 1 aromatic carbocycles. The van der Waals surface area contributed by atoms with Crippen molar-refractivity contribution in [3.05, 3.63) is 41.2 Å². The molecule has 0 aromatic heterocycles. The van der Waals surface area contributed by atoms with Crippen LogP contribution in [-0.2, 0) is 11.2 Å². The van der Waals surface area contributed by atoms with E-state index >= 15 is 0 Å². The first-order valence-corrected chi connectivity index (χ1v) is 6.59. The molecule has 2 aliphatic heterocycles. The van der Waals surface area contributed by atoms with Gasteiger partial charge in [0.15, 0.2) is 5.76 Å². The number of carbonyl (C=O) groups excluding carboxylic acids is 1. The molecule has 0 atom stereocenters. The van der Waals surface area contributed by atoms with Gasteiger partial charge in [-0.2, -0.15) is 0 Å². The molecule has 0 fully saturated rings. The summed E-state index contributed by atoms with van der Waals surface area (Å²) in [5, 5.41) is 3.35. The Hall–Kier alpha value is -1.77. The summed E-state index contributed by atoms with van der Waals surface area (Å²) in [6.07, 6.45) is 6.02. The summed E-state index contributed by atoms with van der Waals surface area (Å²) >= 11 is 0. The van der Waals surface area contributed by atoms with Gasteiger partial charge < -0.3 is 10.1 Å². The first kappa shape index (κ1) is 11.3. The van der Waals surface area contributed by atoms with Crippen molar-refractivity contribution in [2.75, 3.05) is 18.5 Å². The second-order valence-corrected chi connectivity index (χ2v) is 4.79. The third kappa shape index (κ3) is 2.13. The van der Waals surface area contributed by atoms with Crippen molar-refractivity contribution in [1.82, 2.24) is 0 Å². The van der Waals surface area contributed by atoms with Gasteiger partial charge in [0.1, 0.15) is 0 Å².